The number of carboxylic acid groups (broad SMARTS) is 1. The quantitative estimate of drug-likeness (QED) is 0.673. The normalized spacial score (nSPS) is 17.2. The lowest BCUT2D eigenvalue weighted by molar-refractivity contribution is -0.140. The molecule has 0 bridgehead atoms. The van der Waals surface area contributed by atoms with Gasteiger partial charge in [0.15, 0.2) is 0 Å². The van der Waals surface area contributed by atoms with Crippen LogP contribution in [0.5, 0.6) is 0 Å². The minimum atomic E-state index is -0.778. The predicted molar refractivity (Wildman–Crippen MR) is 80.3 cm³/mol. The van der Waals surface area contributed by atoms with Gasteiger partial charge < -0.3 is 20.1 Å². The second kappa shape index (κ2) is 8.87. The standard InChI is InChI=1S/C15H28N2O4/c1-17(9-6-10-21-2)14(20)16-12-15(11-13(18)19)7-4-3-5-8-15/h3-12H2,1-2H3,(H,16,20)(H,18,19). The van der Waals surface area contributed by atoms with Crippen molar-refractivity contribution in [3.05, 3.63) is 0 Å². The van der Waals surface area contributed by atoms with Gasteiger partial charge in [-0.2, -0.15) is 0 Å². The van der Waals surface area contributed by atoms with Crippen molar-refractivity contribution < 1.29 is 19.4 Å². The molecule has 1 aliphatic carbocycles. The van der Waals surface area contributed by atoms with E-state index >= 15 is 0 Å². The highest BCUT2D eigenvalue weighted by molar-refractivity contribution is 5.74. The summed E-state index contributed by atoms with van der Waals surface area (Å²) in [7, 11) is 3.38. The smallest absolute Gasteiger partial charge is 0.317 e. The molecule has 2 N–H and O–H groups in total. The number of aliphatic carboxylic acids is 1. The van der Waals surface area contributed by atoms with Gasteiger partial charge in [0.1, 0.15) is 0 Å². The van der Waals surface area contributed by atoms with Crippen LogP contribution >= 0.6 is 0 Å². The summed E-state index contributed by atoms with van der Waals surface area (Å²) in [6.07, 6.45) is 5.95. The predicted octanol–water partition coefficient (Wildman–Crippen LogP) is 2.09. The number of hydrogen-bond acceptors (Lipinski definition) is 3. The van der Waals surface area contributed by atoms with Crippen molar-refractivity contribution in [2.24, 2.45) is 5.41 Å². The highest BCUT2D eigenvalue weighted by Crippen LogP contribution is 2.38. The topological polar surface area (TPSA) is 78.9 Å². The molecule has 1 aliphatic rings. The number of carboxylic acids is 1. The Morgan fingerprint density at radius 2 is 1.95 bits per heavy atom. The van der Waals surface area contributed by atoms with Crippen molar-refractivity contribution in [2.45, 2.75) is 44.9 Å². The number of methoxy groups -OCH3 is 1. The number of nitrogens with one attached hydrogen (secondary N) is 1. The first-order valence-corrected chi connectivity index (χ1v) is 7.69. The Balaban J connectivity index is 2.44. The fourth-order valence-electron chi connectivity index (χ4n) is 2.98. The Bertz CT molecular complexity index is 341. The maximum absolute atomic E-state index is 12.0. The van der Waals surface area contributed by atoms with Gasteiger partial charge in [0.25, 0.3) is 0 Å². The lowest BCUT2D eigenvalue weighted by Crippen LogP contribution is -2.45. The van der Waals surface area contributed by atoms with Crippen molar-refractivity contribution in [3.63, 3.8) is 0 Å². The number of carbonyl (C=O) groups excluding carboxylic acids is 1. The van der Waals surface area contributed by atoms with E-state index in [-0.39, 0.29) is 17.9 Å². The summed E-state index contributed by atoms with van der Waals surface area (Å²) in [6, 6.07) is -0.138. The minimum Gasteiger partial charge on any atom is -0.481 e. The zero-order valence-electron chi connectivity index (χ0n) is 13.2. The van der Waals surface area contributed by atoms with E-state index in [4.69, 9.17) is 9.84 Å². The summed E-state index contributed by atoms with van der Waals surface area (Å²) in [6.45, 7) is 1.71. The number of ether oxygens (including phenoxy) is 1. The molecule has 2 amide bonds. The van der Waals surface area contributed by atoms with Crippen LogP contribution in [0.15, 0.2) is 0 Å². The second-order valence-electron chi connectivity index (χ2n) is 6.06. The molecule has 122 valence electrons. The van der Waals surface area contributed by atoms with Crippen molar-refractivity contribution >= 4 is 12.0 Å². The SMILES string of the molecule is COCCCN(C)C(=O)NCC1(CC(=O)O)CCCCC1. The molecule has 0 spiro atoms. The summed E-state index contributed by atoms with van der Waals surface area (Å²) in [5, 5.41) is 12.0. The molecule has 0 aromatic heterocycles. The van der Waals surface area contributed by atoms with Crippen molar-refractivity contribution in [3.8, 4) is 0 Å². The van der Waals surface area contributed by atoms with Gasteiger partial charge in [-0.25, -0.2) is 4.79 Å². The van der Waals surface area contributed by atoms with Gasteiger partial charge in [-0.15, -0.1) is 0 Å². The Kier molecular flexibility index (Phi) is 7.50. The number of amides is 2. The zero-order valence-corrected chi connectivity index (χ0v) is 13.2. The van der Waals surface area contributed by atoms with E-state index in [0.717, 1.165) is 38.5 Å². The first-order chi connectivity index (χ1) is 9.99. The van der Waals surface area contributed by atoms with Crippen LogP contribution in [0.2, 0.25) is 0 Å². The summed E-state index contributed by atoms with van der Waals surface area (Å²) in [5.41, 5.74) is -0.271. The molecule has 1 fully saturated rings. The van der Waals surface area contributed by atoms with Crippen LogP contribution in [0, 0.1) is 5.41 Å². The van der Waals surface area contributed by atoms with Crippen LogP contribution in [0.25, 0.3) is 0 Å². The van der Waals surface area contributed by atoms with Gasteiger partial charge >= 0.3 is 12.0 Å². The number of urea groups is 1. The maximum atomic E-state index is 12.0. The molecule has 0 heterocycles. The molecule has 1 saturated carbocycles. The Morgan fingerprint density at radius 1 is 1.29 bits per heavy atom. The third-order valence-electron chi connectivity index (χ3n) is 4.24. The van der Waals surface area contributed by atoms with E-state index in [1.165, 1.54) is 0 Å². The lowest BCUT2D eigenvalue weighted by Gasteiger charge is -2.36. The van der Waals surface area contributed by atoms with Crippen LogP contribution in [0.4, 0.5) is 4.79 Å². The summed E-state index contributed by atoms with van der Waals surface area (Å²) in [4.78, 5) is 24.7. The van der Waals surface area contributed by atoms with Crippen LogP contribution in [-0.4, -0.2) is 55.9 Å². The van der Waals surface area contributed by atoms with Crippen molar-refractivity contribution in [2.75, 3.05) is 33.9 Å². The van der Waals surface area contributed by atoms with E-state index in [1.807, 2.05) is 0 Å². The van der Waals surface area contributed by atoms with Crippen LogP contribution in [0.3, 0.4) is 0 Å². The Morgan fingerprint density at radius 3 is 2.52 bits per heavy atom. The molecule has 0 aromatic rings. The average Bonchev–Trinajstić information content (AvgIpc) is 2.45. The van der Waals surface area contributed by atoms with Crippen LogP contribution in [-0.2, 0) is 9.53 Å². The molecule has 0 atom stereocenters. The van der Waals surface area contributed by atoms with Gasteiger partial charge in [-0.1, -0.05) is 19.3 Å². The molecule has 1 rings (SSSR count). The minimum absolute atomic E-state index is 0.138. The summed E-state index contributed by atoms with van der Waals surface area (Å²) < 4.78 is 4.96. The molecule has 6 nitrogen and oxygen atoms in total. The number of rotatable bonds is 8. The number of carbonyl (C=O) groups is 2. The van der Waals surface area contributed by atoms with E-state index < -0.39 is 5.97 Å². The lowest BCUT2D eigenvalue weighted by atomic mass is 9.72. The van der Waals surface area contributed by atoms with Crippen LogP contribution in [0.1, 0.15) is 44.9 Å². The highest BCUT2D eigenvalue weighted by Gasteiger charge is 2.34. The molecule has 6 heteroatoms. The van der Waals surface area contributed by atoms with Gasteiger partial charge in [0.05, 0.1) is 6.42 Å². The fraction of sp³-hybridized carbons (Fsp3) is 0.867. The molecular formula is C15H28N2O4. The second-order valence-corrected chi connectivity index (χ2v) is 6.06. The first-order valence-electron chi connectivity index (χ1n) is 7.69. The summed E-state index contributed by atoms with van der Waals surface area (Å²) in [5.74, 6) is -0.778. The largest absolute Gasteiger partial charge is 0.481 e. The third-order valence-corrected chi connectivity index (χ3v) is 4.24. The van der Waals surface area contributed by atoms with Gasteiger partial charge in [-0.3, -0.25) is 4.79 Å². The van der Waals surface area contributed by atoms with E-state index in [1.54, 1.807) is 19.1 Å². The number of nitrogens with zero attached hydrogens (tertiary/aromatic N) is 1. The maximum Gasteiger partial charge on any atom is 0.317 e. The molecule has 21 heavy (non-hydrogen) atoms. The molecule has 0 saturated heterocycles. The van der Waals surface area contributed by atoms with Gasteiger partial charge in [0.2, 0.25) is 0 Å². The Hall–Kier alpha value is -1.30. The van der Waals surface area contributed by atoms with Gasteiger partial charge in [-0.05, 0) is 24.7 Å². The van der Waals surface area contributed by atoms with E-state index in [0.29, 0.717) is 19.7 Å². The molecule has 0 aliphatic heterocycles. The third kappa shape index (κ3) is 6.33. The fourth-order valence-corrected chi connectivity index (χ4v) is 2.98. The van der Waals surface area contributed by atoms with E-state index in [2.05, 4.69) is 5.32 Å². The zero-order chi connectivity index (χ0) is 15.7. The first kappa shape index (κ1) is 17.8. The molecular weight excluding hydrogens is 272 g/mol. The Labute approximate surface area is 126 Å². The van der Waals surface area contributed by atoms with Crippen molar-refractivity contribution in [1.29, 1.82) is 0 Å². The van der Waals surface area contributed by atoms with Gasteiger partial charge in [0, 0.05) is 33.9 Å². The average molecular weight is 300 g/mol. The molecule has 0 aromatic carbocycles. The van der Waals surface area contributed by atoms with Crippen LogP contribution < -0.4 is 5.32 Å². The molecule has 0 radical (unpaired) electrons. The number of hydrogen-bond donors (Lipinski definition) is 2. The molecule has 0 unspecified atom stereocenters. The van der Waals surface area contributed by atoms with Crippen molar-refractivity contribution in [1.82, 2.24) is 10.2 Å². The van der Waals surface area contributed by atoms with E-state index in [9.17, 15) is 9.59 Å². The summed E-state index contributed by atoms with van der Waals surface area (Å²) >= 11 is 0. The highest BCUT2D eigenvalue weighted by atomic mass is 16.5. The monoisotopic (exact) mass is 300 g/mol.